The fraction of sp³-hybridized carbons (Fsp3) is 0.458. The zero-order valence-corrected chi connectivity index (χ0v) is 19.1. The third kappa shape index (κ3) is 3.56. The molecule has 7 heteroatoms. The molecule has 0 radical (unpaired) electrons. The first kappa shape index (κ1) is 20.6. The average molecular weight is 443 g/mol. The highest BCUT2D eigenvalue weighted by Crippen LogP contribution is 2.45. The molecule has 0 spiro atoms. The number of aromatic nitrogens is 2. The zero-order valence-electron chi connectivity index (χ0n) is 18.3. The second kappa shape index (κ2) is 8.01. The summed E-state index contributed by atoms with van der Waals surface area (Å²) in [5.41, 5.74) is 3.94. The van der Waals surface area contributed by atoms with Crippen molar-refractivity contribution in [2.75, 3.05) is 34.4 Å². The fourth-order valence-corrected chi connectivity index (χ4v) is 5.16. The lowest BCUT2D eigenvalue weighted by Gasteiger charge is -2.38. The number of nitrogens with zero attached hydrogens (tertiary/aromatic N) is 3. The minimum Gasteiger partial charge on any atom is -0.497 e. The van der Waals surface area contributed by atoms with Gasteiger partial charge < -0.3 is 14.2 Å². The summed E-state index contributed by atoms with van der Waals surface area (Å²) in [4.78, 5) is 0. The molecule has 3 aromatic rings. The van der Waals surface area contributed by atoms with Crippen LogP contribution in [0.5, 0.6) is 11.6 Å². The lowest BCUT2D eigenvalue weighted by molar-refractivity contribution is -0.00311. The van der Waals surface area contributed by atoms with Gasteiger partial charge in [0.05, 0.1) is 45.1 Å². The number of quaternary nitrogens is 1. The Kier molecular flexibility index (Phi) is 5.32. The molecule has 1 saturated heterocycles. The Balaban J connectivity index is 1.70. The normalized spacial score (nSPS) is 20.7. The number of methoxy groups -OCH3 is 2. The predicted octanol–water partition coefficient (Wildman–Crippen LogP) is 5.16. The molecule has 1 aliphatic heterocycles. The van der Waals surface area contributed by atoms with Crippen LogP contribution in [0.1, 0.15) is 25.7 Å². The van der Waals surface area contributed by atoms with Crippen molar-refractivity contribution >= 4 is 22.8 Å². The van der Waals surface area contributed by atoms with Crippen LogP contribution in [0.2, 0.25) is 5.02 Å². The quantitative estimate of drug-likeness (QED) is 0.474. The van der Waals surface area contributed by atoms with Crippen molar-refractivity contribution in [3.8, 4) is 22.9 Å². The zero-order chi connectivity index (χ0) is 21.6. The van der Waals surface area contributed by atoms with Gasteiger partial charge in [-0.05, 0) is 49.6 Å². The highest BCUT2D eigenvalue weighted by molar-refractivity contribution is 6.33. The van der Waals surface area contributed by atoms with E-state index in [2.05, 4.69) is 19.2 Å². The lowest BCUT2D eigenvalue weighted by atomic mass is 10.1. The van der Waals surface area contributed by atoms with E-state index in [9.17, 15) is 0 Å². The lowest BCUT2D eigenvalue weighted by Crippen LogP contribution is -2.54. The third-order valence-corrected chi connectivity index (χ3v) is 6.95. The number of hydrogen-bond donors (Lipinski definition) is 0. The third-order valence-electron chi connectivity index (χ3n) is 6.63. The Morgan fingerprint density at radius 2 is 2.00 bits per heavy atom. The molecule has 2 aromatic heterocycles. The smallest absolute Gasteiger partial charge is 0.296 e. The molecule has 6 nitrogen and oxygen atoms in total. The molecule has 2 atom stereocenters. The van der Waals surface area contributed by atoms with Gasteiger partial charge in [0, 0.05) is 17.9 Å². The molecule has 1 saturated carbocycles. The minimum atomic E-state index is 0.121. The Morgan fingerprint density at radius 3 is 2.65 bits per heavy atom. The van der Waals surface area contributed by atoms with Gasteiger partial charge in [0.15, 0.2) is 6.23 Å². The van der Waals surface area contributed by atoms with Crippen LogP contribution in [0.15, 0.2) is 36.4 Å². The van der Waals surface area contributed by atoms with E-state index in [1.54, 1.807) is 14.2 Å². The number of pyridine rings is 1. The second-order valence-corrected chi connectivity index (χ2v) is 9.18. The van der Waals surface area contributed by atoms with Crippen LogP contribution in [0, 0.1) is 5.92 Å². The monoisotopic (exact) mass is 442 g/mol. The summed E-state index contributed by atoms with van der Waals surface area (Å²) in [6, 6.07) is 11.9. The topological polar surface area (TPSA) is 45.0 Å². The Hall–Kier alpha value is -2.28. The van der Waals surface area contributed by atoms with Crippen LogP contribution < -0.4 is 14.0 Å². The number of rotatable bonds is 7. The van der Waals surface area contributed by atoms with E-state index in [0.29, 0.717) is 15.4 Å². The van der Waals surface area contributed by atoms with Gasteiger partial charge in [-0.25, -0.2) is 4.52 Å². The van der Waals surface area contributed by atoms with Crippen LogP contribution in [-0.4, -0.2) is 50.3 Å². The molecule has 31 heavy (non-hydrogen) atoms. The van der Waals surface area contributed by atoms with E-state index in [1.165, 1.54) is 12.8 Å². The molecule has 0 amide bonds. The maximum Gasteiger partial charge on any atom is 0.296 e. The summed E-state index contributed by atoms with van der Waals surface area (Å²) in [5.74, 6) is 2.11. The second-order valence-electron chi connectivity index (χ2n) is 8.77. The number of hydrogen-bond acceptors (Lipinski definition) is 4. The Bertz CT molecular complexity index is 1100. The van der Waals surface area contributed by atoms with Gasteiger partial charge in [0.1, 0.15) is 11.3 Å². The fourth-order valence-electron chi connectivity index (χ4n) is 4.89. The summed E-state index contributed by atoms with van der Waals surface area (Å²) in [6.45, 7) is 1.85. The largest absolute Gasteiger partial charge is 0.497 e. The van der Waals surface area contributed by atoms with Crippen molar-refractivity contribution in [1.82, 2.24) is 14.1 Å². The molecule has 0 bridgehead atoms. The predicted molar refractivity (Wildman–Crippen MR) is 123 cm³/mol. The molecular formula is C24H29ClN3O3+. The molecule has 3 heterocycles. The summed E-state index contributed by atoms with van der Waals surface area (Å²) >= 11 is 6.62. The summed E-state index contributed by atoms with van der Waals surface area (Å²) < 4.78 is 20.0. The highest BCUT2D eigenvalue weighted by atomic mass is 35.5. The average Bonchev–Trinajstić information content (AvgIpc) is 3.27. The first-order valence-corrected chi connectivity index (χ1v) is 11.3. The SMILES string of the molecule is COc1ccc(-c2cccc3c([N+](C)(CC4CC4)C4CCCO4)c(OC)nn23)c(Cl)c1. The number of halogens is 1. The standard InChI is InChI=1S/C24H29ClN3O3/c1-28(15-16-9-10-16,22-8-5-13-31-22)23-21-7-4-6-20(27(21)26-24(23)30-3)18-12-11-17(29-2)14-19(18)25/h4,6-7,11-12,14,16,22H,5,8-10,13,15H2,1-3H3/q+1. The molecular weight excluding hydrogens is 414 g/mol. The molecule has 2 fully saturated rings. The van der Waals surface area contributed by atoms with E-state index < -0.39 is 0 Å². The molecule has 1 aromatic carbocycles. The van der Waals surface area contributed by atoms with Crippen molar-refractivity contribution in [3.05, 3.63) is 41.4 Å². The van der Waals surface area contributed by atoms with Gasteiger partial charge in [-0.1, -0.05) is 17.7 Å². The van der Waals surface area contributed by atoms with Gasteiger partial charge in [-0.3, -0.25) is 4.48 Å². The first-order chi connectivity index (χ1) is 15.0. The Morgan fingerprint density at radius 1 is 1.16 bits per heavy atom. The summed E-state index contributed by atoms with van der Waals surface area (Å²) in [5, 5.41) is 5.51. The molecule has 164 valence electrons. The van der Waals surface area contributed by atoms with E-state index in [4.69, 9.17) is 30.9 Å². The summed E-state index contributed by atoms with van der Waals surface area (Å²) in [6.07, 6.45) is 4.84. The van der Waals surface area contributed by atoms with Crippen LogP contribution in [0.4, 0.5) is 5.69 Å². The highest BCUT2D eigenvalue weighted by Gasteiger charge is 2.46. The van der Waals surface area contributed by atoms with Crippen LogP contribution in [-0.2, 0) is 4.74 Å². The molecule has 2 aliphatic rings. The number of fused-ring (bicyclic) bond motifs is 1. The van der Waals surface area contributed by atoms with E-state index in [-0.39, 0.29) is 6.23 Å². The molecule has 2 unspecified atom stereocenters. The van der Waals surface area contributed by atoms with E-state index in [0.717, 1.165) is 60.1 Å². The van der Waals surface area contributed by atoms with Crippen LogP contribution in [0.25, 0.3) is 16.8 Å². The van der Waals surface area contributed by atoms with Gasteiger partial charge >= 0.3 is 0 Å². The van der Waals surface area contributed by atoms with Gasteiger partial charge in [0.2, 0.25) is 5.69 Å². The molecule has 1 aliphatic carbocycles. The maximum atomic E-state index is 6.62. The minimum absolute atomic E-state index is 0.121. The molecule has 5 rings (SSSR count). The van der Waals surface area contributed by atoms with Crippen molar-refractivity contribution in [1.29, 1.82) is 0 Å². The van der Waals surface area contributed by atoms with Crippen molar-refractivity contribution in [3.63, 3.8) is 0 Å². The van der Waals surface area contributed by atoms with E-state index >= 15 is 0 Å². The number of benzene rings is 1. The Labute approximate surface area is 187 Å². The van der Waals surface area contributed by atoms with Gasteiger partial charge in [0.25, 0.3) is 5.88 Å². The van der Waals surface area contributed by atoms with E-state index in [1.807, 2.05) is 28.8 Å². The molecule has 0 N–H and O–H groups in total. The summed E-state index contributed by atoms with van der Waals surface area (Å²) in [7, 11) is 5.61. The van der Waals surface area contributed by atoms with Gasteiger partial charge in [-0.2, -0.15) is 0 Å². The van der Waals surface area contributed by atoms with Crippen LogP contribution >= 0.6 is 11.6 Å². The van der Waals surface area contributed by atoms with Crippen molar-refractivity contribution in [2.24, 2.45) is 5.92 Å². The number of ether oxygens (including phenoxy) is 3. The first-order valence-electron chi connectivity index (χ1n) is 10.9. The van der Waals surface area contributed by atoms with Crippen LogP contribution in [0.3, 0.4) is 0 Å². The van der Waals surface area contributed by atoms with Crippen molar-refractivity contribution in [2.45, 2.75) is 31.9 Å². The van der Waals surface area contributed by atoms with Gasteiger partial charge in [-0.15, -0.1) is 5.10 Å². The maximum absolute atomic E-state index is 6.62. The van der Waals surface area contributed by atoms with Crippen molar-refractivity contribution < 1.29 is 14.2 Å².